The fourth-order valence-corrected chi connectivity index (χ4v) is 2.20. The van der Waals surface area contributed by atoms with Crippen molar-refractivity contribution in [2.24, 2.45) is 0 Å². The molecule has 30 heavy (non-hydrogen) atoms. The fourth-order valence-electron chi connectivity index (χ4n) is 2.20. The van der Waals surface area contributed by atoms with Crippen LogP contribution in [0.2, 0.25) is 0 Å². The Kier molecular flexibility index (Phi) is 11.1. The first-order valence-electron chi connectivity index (χ1n) is 9.70. The zero-order chi connectivity index (χ0) is 22.5. The third kappa shape index (κ3) is 8.99. The van der Waals surface area contributed by atoms with Crippen molar-refractivity contribution in [3.8, 4) is 11.5 Å². The molecular formula is C20H29NO9. The second-order valence-corrected chi connectivity index (χ2v) is 6.13. The SMILES string of the molecule is CCOC(=O)Oc1ccc(C(CNC(C)C)OC(=O)OCC)cc1OC(=O)OCC. The lowest BCUT2D eigenvalue weighted by Crippen LogP contribution is -2.30. The van der Waals surface area contributed by atoms with Gasteiger partial charge in [-0.1, -0.05) is 19.9 Å². The average molecular weight is 427 g/mol. The molecule has 0 aliphatic rings. The standard InChI is InChI=1S/C20H29NO9/c1-6-25-18(22)28-15-10-9-14(11-16(15)29-19(23)26-7-2)17(12-21-13(4)5)30-20(24)27-8-3/h9-11,13,17,21H,6-8,12H2,1-5H3. The summed E-state index contributed by atoms with van der Waals surface area (Å²) in [4.78, 5) is 35.3. The Bertz CT molecular complexity index is 706. The van der Waals surface area contributed by atoms with E-state index in [1.165, 1.54) is 12.1 Å². The molecule has 1 unspecified atom stereocenters. The van der Waals surface area contributed by atoms with Crippen LogP contribution >= 0.6 is 0 Å². The van der Waals surface area contributed by atoms with Gasteiger partial charge in [0.2, 0.25) is 0 Å². The largest absolute Gasteiger partial charge is 0.513 e. The predicted molar refractivity (Wildman–Crippen MR) is 106 cm³/mol. The van der Waals surface area contributed by atoms with Gasteiger partial charge in [-0.2, -0.15) is 0 Å². The highest BCUT2D eigenvalue weighted by molar-refractivity contribution is 5.69. The van der Waals surface area contributed by atoms with Crippen LogP contribution in [0, 0.1) is 0 Å². The van der Waals surface area contributed by atoms with Crippen LogP contribution in [0.25, 0.3) is 0 Å². The van der Waals surface area contributed by atoms with Gasteiger partial charge in [-0.15, -0.1) is 0 Å². The van der Waals surface area contributed by atoms with E-state index in [9.17, 15) is 14.4 Å². The Labute approximate surface area is 175 Å². The molecule has 0 aliphatic carbocycles. The maximum absolute atomic E-state index is 11.8. The van der Waals surface area contributed by atoms with Crippen LogP contribution in [0.3, 0.4) is 0 Å². The lowest BCUT2D eigenvalue weighted by molar-refractivity contribution is 0.0249. The van der Waals surface area contributed by atoms with E-state index in [1.54, 1.807) is 26.8 Å². The molecule has 0 saturated carbocycles. The molecule has 0 bridgehead atoms. The second-order valence-electron chi connectivity index (χ2n) is 6.13. The topological polar surface area (TPSA) is 119 Å². The summed E-state index contributed by atoms with van der Waals surface area (Å²) in [5.74, 6) is -0.155. The molecular weight excluding hydrogens is 398 g/mol. The first-order chi connectivity index (χ1) is 14.3. The maximum atomic E-state index is 11.8. The molecule has 1 rings (SSSR count). The van der Waals surface area contributed by atoms with E-state index in [-0.39, 0.29) is 43.9 Å². The first kappa shape index (κ1) is 25.0. The van der Waals surface area contributed by atoms with Crippen molar-refractivity contribution in [3.05, 3.63) is 23.8 Å². The maximum Gasteiger partial charge on any atom is 0.513 e. The number of hydrogen-bond donors (Lipinski definition) is 1. The highest BCUT2D eigenvalue weighted by atomic mass is 16.7. The molecule has 0 amide bonds. The minimum atomic E-state index is -0.980. The van der Waals surface area contributed by atoms with E-state index in [0.717, 1.165) is 0 Å². The molecule has 168 valence electrons. The molecule has 0 aromatic heterocycles. The molecule has 0 fully saturated rings. The van der Waals surface area contributed by atoms with Crippen LogP contribution in [-0.4, -0.2) is 50.9 Å². The molecule has 0 aliphatic heterocycles. The Morgan fingerprint density at radius 3 is 1.90 bits per heavy atom. The summed E-state index contributed by atoms with van der Waals surface area (Å²) in [5.41, 5.74) is 0.478. The van der Waals surface area contributed by atoms with Gasteiger partial charge in [-0.25, -0.2) is 14.4 Å². The molecule has 0 spiro atoms. The van der Waals surface area contributed by atoms with E-state index >= 15 is 0 Å². The van der Waals surface area contributed by atoms with Gasteiger partial charge in [0.05, 0.1) is 19.8 Å². The number of hydrogen-bond acceptors (Lipinski definition) is 10. The summed E-state index contributed by atoms with van der Waals surface area (Å²) in [7, 11) is 0. The van der Waals surface area contributed by atoms with Gasteiger partial charge in [0.25, 0.3) is 0 Å². The summed E-state index contributed by atoms with van der Waals surface area (Å²) in [6.07, 6.45) is -3.54. The molecule has 1 aromatic carbocycles. The van der Waals surface area contributed by atoms with E-state index in [0.29, 0.717) is 5.56 Å². The first-order valence-corrected chi connectivity index (χ1v) is 9.70. The normalized spacial score (nSPS) is 11.4. The van der Waals surface area contributed by atoms with Gasteiger partial charge in [0.1, 0.15) is 6.10 Å². The number of rotatable bonds is 10. The van der Waals surface area contributed by atoms with Crippen molar-refractivity contribution < 1.29 is 42.8 Å². The molecule has 10 nitrogen and oxygen atoms in total. The quantitative estimate of drug-likeness (QED) is 0.334. The Morgan fingerprint density at radius 2 is 1.37 bits per heavy atom. The van der Waals surface area contributed by atoms with Gasteiger partial charge in [0, 0.05) is 12.6 Å². The van der Waals surface area contributed by atoms with Crippen LogP contribution in [-0.2, 0) is 18.9 Å². The van der Waals surface area contributed by atoms with Crippen molar-refractivity contribution in [2.45, 2.75) is 46.8 Å². The Morgan fingerprint density at radius 1 is 0.833 bits per heavy atom. The van der Waals surface area contributed by atoms with Crippen molar-refractivity contribution >= 4 is 18.5 Å². The Balaban J connectivity index is 3.20. The van der Waals surface area contributed by atoms with Gasteiger partial charge >= 0.3 is 18.5 Å². The summed E-state index contributed by atoms with van der Waals surface area (Å²) >= 11 is 0. The van der Waals surface area contributed by atoms with Crippen LogP contribution < -0.4 is 14.8 Å². The zero-order valence-electron chi connectivity index (χ0n) is 17.9. The van der Waals surface area contributed by atoms with Crippen molar-refractivity contribution in [1.29, 1.82) is 0 Å². The van der Waals surface area contributed by atoms with Gasteiger partial charge in [-0.3, -0.25) is 0 Å². The lowest BCUT2D eigenvalue weighted by atomic mass is 10.1. The minimum absolute atomic E-state index is 0.0584. The van der Waals surface area contributed by atoms with Crippen LogP contribution in [0.15, 0.2) is 18.2 Å². The van der Waals surface area contributed by atoms with Gasteiger partial charge in [-0.05, 0) is 38.5 Å². The Hall–Kier alpha value is -3.01. The van der Waals surface area contributed by atoms with Crippen molar-refractivity contribution in [1.82, 2.24) is 5.32 Å². The monoisotopic (exact) mass is 427 g/mol. The summed E-state index contributed by atoms with van der Waals surface area (Å²) in [6.45, 7) is 9.42. The van der Waals surface area contributed by atoms with E-state index < -0.39 is 24.6 Å². The van der Waals surface area contributed by atoms with Crippen molar-refractivity contribution in [3.63, 3.8) is 0 Å². The number of ether oxygens (including phenoxy) is 6. The van der Waals surface area contributed by atoms with E-state index in [1.807, 2.05) is 13.8 Å². The zero-order valence-corrected chi connectivity index (χ0v) is 17.9. The highest BCUT2D eigenvalue weighted by Crippen LogP contribution is 2.32. The number of carbonyl (C=O) groups excluding carboxylic acids is 3. The van der Waals surface area contributed by atoms with Crippen LogP contribution in [0.5, 0.6) is 11.5 Å². The third-order valence-corrected chi connectivity index (χ3v) is 3.46. The molecule has 1 N–H and O–H groups in total. The smallest absolute Gasteiger partial charge is 0.435 e. The molecule has 10 heteroatoms. The third-order valence-electron chi connectivity index (χ3n) is 3.46. The lowest BCUT2D eigenvalue weighted by Gasteiger charge is -2.21. The summed E-state index contributed by atoms with van der Waals surface area (Å²) < 4.78 is 30.0. The minimum Gasteiger partial charge on any atom is -0.435 e. The predicted octanol–water partition coefficient (Wildman–Crippen LogP) is 3.97. The fraction of sp³-hybridized carbons (Fsp3) is 0.550. The molecule has 0 heterocycles. The van der Waals surface area contributed by atoms with E-state index in [2.05, 4.69) is 5.32 Å². The number of carbonyl (C=O) groups is 3. The average Bonchev–Trinajstić information content (AvgIpc) is 2.67. The number of benzene rings is 1. The van der Waals surface area contributed by atoms with Gasteiger partial charge in [0.15, 0.2) is 11.5 Å². The summed E-state index contributed by atoms with van der Waals surface area (Å²) in [5, 5.41) is 3.17. The van der Waals surface area contributed by atoms with Gasteiger partial charge < -0.3 is 33.7 Å². The van der Waals surface area contributed by atoms with E-state index in [4.69, 9.17) is 28.4 Å². The summed E-state index contributed by atoms with van der Waals surface area (Å²) in [6, 6.07) is 4.51. The van der Waals surface area contributed by atoms with Crippen molar-refractivity contribution in [2.75, 3.05) is 26.4 Å². The number of nitrogens with one attached hydrogen (secondary N) is 1. The molecule has 1 aromatic rings. The van der Waals surface area contributed by atoms with Crippen LogP contribution in [0.1, 0.15) is 46.3 Å². The second kappa shape index (κ2) is 13.3. The molecule has 1 atom stereocenters. The van der Waals surface area contributed by atoms with Crippen LogP contribution in [0.4, 0.5) is 14.4 Å². The molecule has 0 radical (unpaired) electrons. The molecule has 0 saturated heterocycles. The highest BCUT2D eigenvalue weighted by Gasteiger charge is 2.22.